The van der Waals surface area contributed by atoms with Crippen LogP contribution in [0.1, 0.15) is 18.5 Å². The molecular formula is C11H15ClN4O2S. The van der Waals surface area contributed by atoms with Gasteiger partial charge in [0.25, 0.3) is 0 Å². The molecule has 0 aromatic carbocycles. The van der Waals surface area contributed by atoms with Crippen molar-refractivity contribution in [3.05, 3.63) is 24.0 Å². The van der Waals surface area contributed by atoms with Crippen LogP contribution in [-0.4, -0.2) is 26.0 Å². The van der Waals surface area contributed by atoms with Crippen molar-refractivity contribution in [1.82, 2.24) is 9.71 Å². The summed E-state index contributed by atoms with van der Waals surface area (Å²) in [6, 6.07) is 4.44. The van der Waals surface area contributed by atoms with Gasteiger partial charge in [-0.1, -0.05) is 0 Å². The molecule has 0 aliphatic heterocycles. The molecule has 2 rings (SSSR count). The number of hydrogen-bond donors (Lipinski definition) is 2. The maximum Gasteiger partial charge on any atom is 0.243 e. The Morgan fingerprint density at radius 2 is 2.26 bits per heavy atom. The Kier molecular flexibility index (Phi) is 5.26. The summed E-state index contributed by atoms with van der Waals surface area (Å²) in [6.07, 6.45) is 3.49. The van der Waals surface area contributed by atoms with Gasteiger partial charge in [0.05, 0.1) is 0 Å². The van der Waals surface area contributed by atoms with E-state index in [-0.39, 0.29) is 35.6 Å². The fourth-order valence-corrected chi connectivity index (χ4v) is 2.84. The second-order valence-electron chi connectivity index (χ2n) is 4.32. The average Bonchev–Trinajstić information content (AvgIpc) is 3.20. The first kappa shape index (κ1) is 15.9. The predicted octanol–water partition coefficient (Wildman–Crippen LogP) is 0.391. The van der Waals surface area contributed by atoms with Gasteiger partial charge in [-0.25, -0.2) is 18.1 Å². The topological polar surface area (TPSA) is 109 Å². The van der Waals surface area contributed by atoms with Crippen LogP contribution in [0.3, 0.4) is 0 Å². The number of aromatic nitrogens is 1. The third-order valence-electron chi connectivity index (χ3n) is 2.90. The highest BCUT2D eigenvalue weighted by Crippen LogP contribution is 2.31. The summed E-state index contributed by atoms with van der Waals surface area (Å²) >= 11 is 0. The Balaban J connectivity index is 0.00000180. The van der Waals surface area contributed by atoms with E-state index in [4.69, 9.17) is 11.0 Å². The summed E-state index contributed by atoms with van der Waals surface area (Å²) in [5, 5.41) is 8.83. The Bertz CT molecular complexity index is 581. The Hall–Kier alpha value is -1.20. The zero-order valence-electron chi connectivity index (χ0n) is 10.1. The number of pyridine rings is 1. The van der Waals surface area contributed by atoms with Crippen LogP contribution in [0.4, 0.5) is 0 Å². The first-order valence-electron chi connectivity index (χ1n) is 5.65. The monoisotopic (exact) mass is 302 g/mol. The van der Waals surface area contributed by atoms with E-state index >= 15 is 0 Å². The zero-order chi connectivity index (χ0) is 13.2. The first-order chi connectivity index (χ1) is 8.54. The summed E-state index contributed by atoms with van der Waals surface area (Å²) in [5.41, 5.74) is 5.72. The maximum absolute atomic E-state index is 12.0. The lowest BCUT2D eigenvalue weighted by Crippen LogP contribution is -2.38. The highest BCUT2D eigenvalue weighted by Gasteiger charge is 2.29. The number of nitrogens with two attached hydrogens (primary N) is 1. The number of sulfonamides is 1. The first-order valence-corrected chi connectivity index (χ1v) is 7.13. The second-order valence-corrected chi connectivity index (χ2v) is 6.05. The van der Waals surface area contributed by atoms with E-state index in [9.17, 15) is 8.42 Å². The molecule has 104 valence electrons. The molecule has 1 aliphatic rings. The van der Waals surface area contributed by atoms with Crippen LogP contribution >= 0.6 is 12.4 Å². The van der Waals surface area contributed by atoms with Crippen LogP contribution < -0.4 is 10.5 Å². The van der Waals surface area contributed by atoms with E-state index in [1.807, 2.05) is 0 Å². The fourth-order valence-electron chi connectivity index (χ4n) is 1.67. The van der Waals surface area contributed by atoms with Crippen LogP contribution in [-0.2, 0) is 10.0 Å². The largest absolute Gasteiger partial charge is 0.326 e. The number of nitrogens with zero attached hydrogens (tertiary/aromatic N) is 2. The highest BCUT2D eigenvalue weighted by atomic mass is 35.5. The van der Waals surface area contributed by atoms with E-state index < -0.39 is 10.0 Å². The normalized spacial score (nSPS) is 16.2. The van der Waals surface area contributed by atoms with Gasteiger partial charge in [0.1, 0.15) is 11.0 Å². The van der Waals surface area contributed by atoms with Crippen molar-refractivity contribution >= 4 is 22.4 Å². The van der Waals surface area contributed by atoms with Gasteiger partial charge >= 0.3 is 0 Å². The molecule has 0 bridgehead atoms. The van der Waals surface area contributed by atoms with Crippen molar-refractivity contribution in [3.63, 3.8) is 0 Å². The molecule has 1 aromatic heterocycles. The molecule has 0 radical (unpaired) electrons. The van der Waals surface area contributed by atoms with Crippen molar-refractivity contribution in [2.45, 2.75) is 23.8 Å². The van der Waals surface area contributed by atoms with Crippen LogP contribution in [0.15, 0.2) is 23.2 Å². The molecule has 0 saturated heterocycles. The predicted molar refractivity (Wildman–Crippen MR) is 72.1 cm³/mol. The molecule has 1 aliphatic carbocycles. The van der Waals surface area contributed by atoms with Crippen LogP contribution in [0.2, 0.25) is 0 Å². The van der Waals surface area contributed by atoms with Gasteiger partial charge in [0, 0.05) is 18.8 Å². The van der Waals surface area contributed by atoms with Crippen molar-refractivity contribution in [1.29, 1.82) is 5.26 Å². The average molecular weight is 303 g/mol. The number of nitriles is 1. The van der Waals surface area contributed by atoms with Gasteiger partial charge in [-0.05, 0) is 30.9 Å². The molecule has 3 N–H and O–H groups in total. The minimum absolute atomic E-state index is 0. The summed E-state index contributed by atoms with van der Waals surface area (Å²) in [4.78, 5) is 3.63. The van der Waals surface area contributed by atoms with Gasteiger partial charge in [0.15, 0.2) is 5.69 Å². The molecule has 0 spiro atoms. The zero-order valence-corrected chi connectivity index (χ0v) is 11.7. The molecular weight excluding hydrogens is 288 g/mol. The lowest BCUT2D eigenvalue weighted by Gasteiger charge is -2.12. The fraction of sp³-hybridized carbons (Fsp3) is 0.455. The van der Waals surface area contributed by atoms with Crippen molar-refractivity contribution in [2.75, 3.05) is 6.54 Å². The van der Waals surface area contributed by atoms with Crippen LogP contribution in [0.25, 0.3) is 0 Å². The Labute approximate surface area is 118 Å². The van der Waals surface area contributed by atoms with E-state index in [1.54, 1.807) is 6.07 Å². The Morgan fingerprint density at radius 3 is 2.84 bits per heavy atom. The number of rotatable bonds is 5. The molecule has 1 heterocycles. The molecule has 1 aromatic rings. The van der Waals surface area contributed by atoms with Gasteiger partial charge in [-0.15, -0.1) is 12.4 Å². The van der Waals surface area contributed by atoms with Crippen molar-refractivity contribution in [3.8, 4) is 6.07 Å². The second kappa shape index (κ2) is 6.30. The van der Waals surface area contributed by atoms with Crippen LogP contribution in [0, 0.1) is 17.2 Å². The lowest BCUT2D eigenvalue weighted by atomic mass is 10.2. The summed E-state index contributed by atoms with van der Waals surface area (Å²) in [7, 11) is -3.72. The minimum atomic E-state index is -3.72. The third-order valence-corrected chi connectivity index (χ3v) is 4.36. The molecule has 1 saturated carbocycles. The van der Waals surface area contributed by atoms with Crippen molar-refractivity contribution < 1.29 is 8.42 Å². The number of hydrogen-bond acceptors (Lipinski definition) is 5. The third kappa shape index (κ3) is 3.88. The molecule has 1 atom stereocenters. The lowest BCUT2D eigenvalue weighted by molar-refractivity contribution is 0.547. The van der Waals surface area contributed by atoms with E-state index in [0.29, 0.717) is 5.92 Å². The molecule has 19 heavy (non-hydrogen) atoms. The number of nitrogens with one attached hydrogen (secondary N) is 1. The van der Waals surface area contributed by atoms with Gasteiger partial charge in [-0.2, -0.15) is 5.26 Å². The van der Waals surface area contributed by atoms with Gasteiger partial charge in [-0.3, -0.25) is 0 Å². The van der Waals surface area contributed by atoms with Gasteiger partial charge in [0.2, 0.25) is 10.0 Å². The summed E-state index contributed by atoms with van der Waals surface area (Å²) < 4.78 is 26.4. The molecule has 1 unspecified atom stereocenters. The van der Waals surface area contributed by atoms with Crippen molar-refractivity contribution in [2.24, 2.45) is 11.7 Å². The van der Waals surface area contributed by atoms with E-state index in [2.05, 4.69) is 9.71 Å². The van der Waals surface area contributed by atoms with E-state index in [0.717, 1.165) is 12.8 Å². The molecule has 8 heteroatoms. The minimum Gasteiger partial charge on any atom is -0.326 e. The summed E-state index contributed by atoms with van der Waals surface area (Å²) in [6.45, 7) is 0.187. The standard InChI is InChI=1S/C11H14N4O2S.ClH/c12-6-10-11(2-1-5-14-10)18(16,17)15-7-9(13)8-3-4-8;/h1-2,5,8-9,15H,3-4,7,13H2;1H. The van der Waals surface area contributed by atoms with E-state index in [1.165, 1.54) is 18.3 Å². The molecule has 0 amide bonds. The summed E-state index contributed by atoms with van der Waals surface area (Å²) in [5.74, 6) is 0.414. The molecule has 6 nitrogen and oxygen atoms in total. The highest BCUT2D eigenvalue weighted by molar-refractivity contribution is 7.89. The molecule has 1 fully saturated rings. The Morgan fingerprint density at radius 1 is 1.58 bits per heavy atom. The van der Waals surface area contributed by atoms with Gasteiger partial charge < -0.3 is 5.73 Å². The smallest absolute Gasteiger partial charge is 0.243 e. The van der Waals surface area contributed by atoms with Crippen LogP contribution in [0.5, 0.6) is 0 Å². The SMILES string of the molecule is Cl.N#Cc1ncccc1S(=O)(=O)NCC(N)C1CC1. The number of halogens is 1. The quantitative estimate of drug-likeness (QED) is 0.818. The maximum atomic E-state index is 12.0.